The number of aromatic hydroxyl groups is 1. The van der Waals surface area contributed by atoms with Gasteiger partial charge in [-0.05, 0) is 35.2 Å². The number of carbonyl (C=O) groups excluding carboxylic acids is 3. The van der Waals surface area contributed by atoms with Crippen molar-refractivity contribution in [3.05, 3.63) is 84.1 Å². The number of nitrogens with one attached hydrogen (secondary N) is 5. The molecule has 0 aliphatic heterocycles. The van der Waals surface area contributed by atoms with Gasteiger partial charge < -0.3 is 41.9 Å². The van der Waals surface area contributed by atoms with Gasteiger partial charge in [0.05, 0.1) is 12.4 Å². The fourth-order valence-electron chi connectivity index (χ4n) is 4.74. The first-order valence-corrected chi connectivity index (χ1v) is 14.2. The lowest BCUT2D eigenvalue weighted by Gasteiger charge is -2.26. The minimum atomic E-state index is -1.31. The number of phenols is 1. The maximum absolute atomic E-state index is 13.8. The third-order valence-electron chi connectivity index (χ3n) is 7.36. The summed E-state index contributed by atoms with van der Waals surface area (Å²) >= 11 is 0. The molecule has 13 nitrogen and oxygen atoms in total. The lowest BCUT2D eigenvalue weighted by atomic mass is 10.00. The van der Waals surface area contributed by atoms with Crippen LogP contribution in [-0.2, 0) is 38.4 Å². The van der Waals surface area contributed by atoms with Crippen molar-refractivity contribution in [2.24, 2.45) is 11.7 Å². The van der Waals surface area contributed by atoms with Crippen LogP contribution in [0.1, 0.15) is 30.7 Å². The summed E-state index contributed by atoms with van der Waals surface area (Å²) in [6.07, 6.45) is 4.63. The number of H-pyrrole nitrogens is 2. The first-order chi connectivity index (χ1) is 21.0. The van der Waals surface area contributed by atoms with Crippen molar-refractivity contribution in [2.45, 2.75) is 57.3 Å². The number of fused-ring (bicyclic) bond motifs is 1. The Morgan fingerprint density at radius 1 is 0.841 bits per heavy atom. The monoisotopic (exact) mass is 603 g/mol. The molecule has 2 aromatic carbocycles. The van der Waals surface area contributed by atoms with Gasteiger partial charge in [0, 0.05) is 48.3 Å². The van der Waals surface area contributed by atoms with Crippen molar-refractivity contribution in [3.63, 3.8) is 0 Å². The van der Waals surface area contributed by atoms with Crippen LogP contribution < -0.4 is 21.7 Å². The largest absolute Gasteiger partial charge is 0.508 e. The number of phenolic OH excluding ortho intramolecular Hbond substituents is 1. The fraction of sp³-hybridized carbons (Fsp3) is 0.323. The van der Waals surface area contributed by atoms with Gasteiger partial charge >= 0.3 is 5.97 Å². The normalized spacial score (nSPS) is 14.0. The predicted octanol–water partition coefficient (Wildman–Crippen LogP) is 1.15. The van der Waals surface area contributed by atoms with E-state index in [1.54, 1.807) is 32.2 Å². The smallest absolute Gasteiger partial charge is 0.326 e. The zero-order valence-electron chi connectivity index (χ0n) is 24.4. The topological polar surface area (TPSA) is 215 Å². The molecule has 0 spiro atoms. The van der Waals surface area contributed by atoms with Crippen LogP contribution in [0.2, 0.25) is 0 Å². The summed E-state index contributed by atoms with van der Waals surface area (Å²) in [6, 6.07) is 9.07. The molecular formula is C31H37N7O6. The van der Waals surface area contributed by atoms with E-state index in [0.29, 0.717) is 11.3 Å². The lowest BCUT2D eigenvalue weighted by molar-refractivity contribution is -0.142. The molecule has 9 N–H and O–H groups in total. The van der Waals surface area contributed by atoms with Crippen molar-refractivity contribution < 1.29 is 29.4 Å². The van der Waals surface area contributed by atoms with Gasteiger partial charge in [-0.2, -0.15) is 0 Å². The van der Waals surface area contributed by atoms with Crippen LogP contribution in [0.5, 0.6) is 5.75 Å². The molecule has 0 fully saturated rings. The Morgan fingerprint density at radius 3 is 2.11 bits per heavy atom. The van der Waals surface area contributed by atoms with Gasteiger partial charge in [-0.3, -0.25) is 14.4 Å². The fourth-order valence-corrected chi connectivity index (χ4v) is 4.74. The molecule has 0 saturated heterocycles. The van der Waals surface area contributed by atoms with Gasteiger partial charge in [0.15, 0.2) is 0 Å². The number of imidazole rings is 1. The van der Waals surface area contributed by atoms with Crippen molar-refractivity contribution >= 4 is 34.6 Å². The van der Waals surface area contributed by atoms with Crippen LogP contribution in [0, 0.1) is 5.92 Å². The number of carboxylic acid groups (broad SMARTS) is 1. The first kappa shape index (κ1) is 31.8. The number of nitrogens with zero attached hydrogens (tertiary/aromatic N) is 1. The molecule has 4 unspecified atom stereocenters. The maximum atomic E-state index is 13.8. The second-order valence-corrected chi connectivity index (χ2v) is 11.0. The Balaban J connectivity index is 1.60. The van der Waals surface area contributed by atoms with Crippen LogP contribution in [0.4, 0.5) is 0 Å². The molecule has 2 heterocycles. The van der Waals surface area contributed by atoms with Gasteiger partial charge in [-0.1, -0.05) is 44.2 Å². The highest BCUT2D eigenvalue weighted by Crippen LogP contribution is 2.20. The number of benzene rings is 2. The molecule has 4 rings (SSSR count). The van der Waals surface area contributed by atoms with Crippen LogP contribution >= 0.6 is 0 Å². The van der Waals surface area contributed by atoms with E-state index in [1.165, 1.54) is 24.7 Å². The average molecular weight is 604 g/mol. The van der Waals surface area contributed by atoms with Crippen molar-refractivity contribution in [1.82, 2.24) is 30.9 Å². The molecule has 0 saturated carbocycles. The summed E-state index contributed by atoms with van der Waals surface area (Å²) in [7, 11) is 0. The van der Waals surface area contributed by atoms with Gasteiger partial charge in [0.25, 0.3) is 0 Å². The standard InChI is InChI=1S/C31H37N7O6/c1-17(2)27(32)30(42)37-25(12-19-14-34-23-6-4-3-5-22(19)23)29(41)36-24(11-18-7-9-21(39)10-8-18)28(40)38-26(31(43)44)13-20-15-33-16-35-20/h3-10,14-17,24-27,34,39H,11-13,32H2,1-2H3,(H,33,35)(H,36,41)(H,37,42)(H,38,40)(H,43,44). The highest BCUT2D eigenvalue weighted by atomic mass is 16.4. The second kappa shape index (κ2) is 14.3. The van der Waals surface area contributed by atoms with Crippen LogP contribution in [-0.4, -0.2) is 73.0 Å². The summed E-state index contributed by atoms with van der Waals surface area (Å²) in [5.74, 6) is -3.36. The Kier molecular flexibility index (Phi) is 10.3. The number of carboxylic acids is 1. The summed E-state index contributed by atoms with van der Waals surface area (Å²) in [5.41, 5.74) is 8.80. The minimum Gasteiger partial charge on any atom is -0.508 e. The van der Waals surface area contributed by atoms with Crippen LogP contribution in [0.25, 0.3) is 10.9 Å². The van der Waals surface area contributed by atoms with Crippen molar-refractivity contribution in [1.29, 1.82) is 0 Å². The van der Waals surface area contributed by atoms with Gasteiger partial charge in [0.2, 0.25) is 17.7 Å². The molecule has 44 heavy (non-hydrogen) atoms. The maximum Gasteiger partial charge on any atom is 0.326 e. The molecule has 13 heteroatoms. The Hall–Kier alpha value is -5.17. The quantitative estimate of drug-likeness (QED) is 0.104. The van der Waals surface area contributed by atoms with Crippen LogP contribution in [0.15, 0.2) is 67.3 Å². The summed E-state index contributed by atoms with van der Waals surface area (Å²) in [4.78, 5) is 62.3. The van der Waals surface area contributed by atoms with Gasteiger partial charge in [0.1, 0.15) is 23.9 Å². The zero-order chi connectivity index (χ0) is 31.8. The lowest BCUT2D eigenvalue weighted by Crippen LogP contribution is -2.58. The zero-order valence-corrected chi connectivity index (χ0v) is 24.4. The highest BCUT2D eigenvalue weighted by Gasteiger charge is 2.32. The SMILES string of the molecule is CC(C)C(N)C(=O)NC(Cc1c[nH]c2ccccc12)C(=O)NC(Cc1ccc(O)cc1)C(=O)NC(Cc1cnc[nH]1)C(=O)O. The number of aromatic nitrogens is 3. The number of nitrogens with two attached hydrogens (primary N) is 1. The Labute approximate surface area is 253 Å². The number of aromatic amines is 2. The number of hydrogen-bond acceptors (Lipinski definition) is 7. The molecule has 2 aromatic heterocycles. The van der Waals surface area contributed by atoms with E-state index in [-0.39, 0.29) is 30.9 Å². The molecule has 232 valence electrons. The minimum absolute atomic E-state index is 0.0203. The third-order valence-corrected chi connectivity index (χ3v) is 7.36. The van der Waals surface area contributed by atoms with E-state index >= 15 is 0 Å². The molecular weight excluding hydrogens is 566 g/mol. The van der Waals surface area contributed by atoms with E-state index in [2.05, 4.69) is 30.9 Å². The highest BCUT2D eigenvalue weighted by molar-refractivity contribution is 5.95. The number of amides is 3. The third kappa shape index (κ3) is 8.22. The average Bonchev–Trinajstić information content (AvgIpc) is 3.66. The van der Waals surface area contributed by atoms with Crippen molar-refractivity contribution in [3.8, 4) is 5.75 Å². The Bertz CT molecular complexity index is 1580. The number of aliphatic carboxylic acids is 1. The summed E-state index contributed by atoms with van der Waals surface area (Å²) < 4.78 is 0. The molecule has 0 aliphatic carbocycles. The number of carbonyl (C=O) groups is 4. The van der Waals surface area contributed by atoms with Gasteiger partial charge in [-0.15, -0.1) is 0 Å². The number of para-hydroxylation sites is 1. The molecule has 0 radical (unpaired) electrons. The number of rotatable bonds is 14. The van der Waals surface area contributed by atoms with E-state index < -0.39 is 47.9 Å². The summed E-state index contributed by atoms with van der Waals surface area (Å²) in [6.45, 7) is 3.58. The van der Waals surface area contributed by atoms with E-state index in [4.69, 9.17) is 5.73 Å². The molecule has 4 aromatic rings. The van der Waals surface area contributed by atoms with E-state index in [0.717, 1.165) is 16.5 Å². The predicted molar refractivity (Wildman–Crippen MR) is 162 cm³/mol. The molecule has 4 atom stereocenters. The van der Waals surface area contributed by atoms with Crippen LogP contribution in [0.3, 0.4) is 0 Å². The first-order valence-electron chi connectivity index (χ1n) is 14.2. The number of hydrogen-bond donors (Lipinski definition) is 8. The second-order valence-electron chi connectivity index (χ2n) is 11.0. The molecule has 0 aliphatic rings. The van der Waals surface area contributed by atoms with E-state index in [9.17, 15) is 29.4 Å². The van der Waals surface area contributed by atoms with E-state index in [1.807, 2.05) is 24.3 Å². The summed E-state index contributed by atoms with van der Waals surface area (Å²) in [5, 5.41) is 28.4. The molecule has 3 amide bonds. The Morgan fingerprint density at radius 2 is 1.48 bits per heavy atom. The molecule has 0 bridgehead atoms. The van der Waals surface area contributed by atoms with Crippen molar-refractivity contribution in [2.75, 3.05) is 0 Å². The van der Waals surface area contributed by atoms with Gasteiger partial charge in [-0.25, -0.2) is 9.78 Å².